The molecule has 1 fully saturated rings. The molecule has 3 aromatic rings. The van der Waals surface area contributed by atoms with Gasteiger partial charge in [-0.25, -0.2) is 14.8 Å². The van der Waals surface area contributed by atoms with Crippen LogP contribution in [-0.4, -0.2) is 47.8 Å². The monoisotopic (exact) mass is 434 g/mol. The van der Waals surface area contributed by atoms with E-state index in [2.05, 4.69) is 26.1 Å². The lowest BCUT2D eigenvalue weighted by Crippen LogP contribution is -2.21. The van der Waals surface area contributed by atoms with Crippen molar-refractivity contribution in [2.24, 2.45) is 5.92 Å². The Morgan fingerprint density at radius 3 is 2.77 bits per heavy atom. The van der Waals surface area contributed by atoms with Crippen LogP contribution >= 0.6 is 0 Å². The van der Waals surface area contributed by atoms with Gasteiger partial charge in [0.15, 0.2) is 0 Å². The highest BCUT2D eigenvalue weighted by Gasteiger charge is 2.38. The lowest BCUT2D eigenvalue weighted by Gasteiger charge is -2.20. The first kappa shape index (κ1) is 21.9. The zero-order valence-corrected chi connectivity index (χ0v) is 16.0. The first-order valence-electron chi connectivity index (χ1n) is 9.22. The number of carbonyl (C=O) groups is 2. The number of alkyl halides is 3. The van der Waals surface area contributed by atoms with Gasteiger partial charge in [-0.3, -0.25) is 9.48 Å². The number of carbonyl (C=O) groups excluding carboxylic acids is 1. The molecule has 1 saturated carbocycles. The lowest BCUT2D eigenvalue weighted by atomic mass is 9.96. The third-order valence-electron chi connectivity index (χ3n) is 4.94. The first-order valence-corrected chi connectivity index (χ1v) is 9.22. The third kappa shape index (κ3) is 5.06. The van der Waals surface area contributed by atoms with Gasteiger partial charge in [0.2, 0.25) is 0 Å². The molecule has 1 aliphatic rings. The van der Waals surface area contributed by atoms with Crippen molar-refractivity contribution in [2.75, 3.05) is 0 Å². The summed E-state index contributed by atoms with van der Waals surface area (Å²) >= 11 is 0. The minimum atomic E-state index is -5.08. The number of ketones is 1. The van der Waals surface area contributed by atoms with E-state index in [-0.39, 0.29) is 17.7 Å². The summed E-state index contributed by atoms with van der Waals surface area (Å²) in [5, 5.41) is 21.7. The van der Waals surface area contributed by atoms with Gasteiger partial charge in [0, 0.05) is 36.2 Å². The average Bonchev–Trinajstić information content (AvgIpc) is 3.46. The summed E-state index contributed by atoms with van der Waals surface area (Å²) in [6.07, 6.45) is 4.27. The van der Waals surface area contributed by atoms with Crippen molar-refractivity contribution in [1.82, 2.24) is 24.7 Å². The molecule has 3 heterocycles. The second-order valence-corrected chi connectivity index (χ2v) is 6.95. The zero-order chi connectivity index (χ0) is 22.6. The van der Waals surface area contributed by atoms with Crippen LogP contribution in [-0.2, 0) is 9.59 Å². The smallest absolute Gasteiger partial charge is 0.475 e. The number of H-pyrrole nitrogens is 1. The maximum absolute atomic E-state index is 11.6. The van der Waals surface area contributed by atoms with Crippen molar-refractivity contribution in [1.29, 1.82) is 5.26 Å². The number of carboxylic acid groups (broad SMARTS) is 1. The molecule has 4 rings (SSSR count). The summed E-state index contributed by atoms with van der Waals surface area (Å²) in [5.41, 5.74) is 2.47. The number of fused-ring (bicyclic) bond motifs is 1. The number of aromatic amines is 1. The van der Waals surface area contributed by atoms with Gasteiger partial charge in [-0.05, 0) is 18.4 Å². The Hall–Kier alpha value is -3.75. The van der Waals surface area contributed by atoms with Crippen LogP contribution in [0, 0.1) is 17.2 Å². The maximum Gasteiger partial charge on any atom is 0.490 e. The van der Waals surface area contributed by atoms with Crippen LogP contribution in [0.4, 0.5) is 13.2 Å². The molecule has 9 nitrogen and oxygen atoms in total. The topological polar surface area (TPSA) is 138 Å². The number of hydrogen-bond donors (Lipinski definition) is 2. The number of nitriles is 1. The minimum absolute atomic E-state index is 0.0706. The highest BCUT2D eigenvalue weighted by atomic mass is 19.4. The molecular weight excluding hydrogens is 417 g/mol. The lowest BCUT2D eigenvalue weighted by molar-refractivity contribution is -0.192. The number of Topliss-reactive ketones (excluding diaryl/α,β-unsaturated/α-hetero) is 1. The molecule has 0 radical (unpaired) electrons. The van der Waals surface area contributed by atoms with Gasteiger partial charge in [-0.15, -0.1) is 0 Å². The highest BCUT2D eigenvalue weighted by Crippen LogP contribution is 2.35. The van der Waals surface area contributed by atoms with Gasteiger partial charge in [0.25, 0.3) is 0 Å². The van der Waals surface area contributed by atoms with Gasteiger partial charge in [0.1, 0.15) is 17.8 Å². The molecule has 0 saturated heterocycles. The average molecular weight is 434 g/mol. The summed E-state index contributed by atoms with van der Waals surface area (Å²) < 4.78 is 33.6. The number of hydrogen-bond acceptors (Lipinski definition) is 6. The van der Waals surface area contributed by atoms with Crippen molar-refractivity contribution in [3.63, 3.8) is 0 Å². The van der Waals surface area contributed by atoms with E-state index >= 15 is 0 Å². The van der Waals surface area contributed by atoms with E-state index in [0.29, 0.717) is 19.3 Å². The molecule has 12 heteroatoms. The molecule has 31 heavy (non-hydrogen) atoms. The van der Waals surface area contributed by atoms with Crippen molar-refractivity contribution >= 4 is 22.8 Å². The van der Waals surface area contributed by atoms with Crippen LogP contribution in [0.25, 0.3) is 22.3 Å². The second-order valence-electron chi connectivity index (χ2n) is 6.95. The van der Waals surface area contributed by atoms with Gasteiger partial charge < -0.3 is 10.1 Å². The Kier molecular flexibility index (Phi) is 6.33. The number of nitrogens with one attached hydrogen (secondary N) is 1. The third-order valence-corrected chi connectivity index (χ3v) is 4.94. The molecule has 0 aliphatic heterocycles. The minimum Gasteiger partial charge on any atom is -0.475 e. The van der Waals surface area contributed by atoms with E-state index in [1.165, 1.54) is 6.33 Å². The molecule has 0 spiro atoms. The molecule has 0 aromatic carbocycles. The van der Waals surface area contributed by atoms with Crippen LogP contribution in [0.5, 0.6) is 0 Å². The second kappa shape index (κ2) is 8.95. The van der Waals surface area contributed by atoms with Gasteiger partial charge in [-0.1, -0.05) is 0 Å². The number of nitrogens with zero attached hydrogens (tertiary/aromatic N) is 5. The standard InChI is InChI=1S/C17H16N6O.C2HF3O2/c18-5-3-15(11-1-2-13(24)7-11)23-9-12(8-22-23)16-14-4-6-19-17(14)21-10-20-16;3-2(4,5)1(6)7/h4,6,8-11,15H,1-3,7H2,(H,19,20,21);(H,6,7)/t11-,15?;/m1./s1. The normalized spacial score (nSPS) is 17.1. The van der Waals surface area contributed by atoms with E-state index in [0.717, 1.165) is 28.7 Å². The van der Waals surface area contributed by atoms with E-state index in [1.54, 1.807) is 6.20 Å². The van der Waals surface area contributed by atoms with E-state index in [9.17, 15) is 18.0 Å². The van der Waals surface area contributed by atoms with Crippen LogP contribution in [0.3, 0.4) is 0 Å². The zero-order valence-electron chi connectivity index (χ0n) is 16.0. The van der Waals surface area contributed by atoms with Crippen molar-refractivity contribution < 1.29 is 27.9 Å². The molecule has 2 atom stereocenters. The SMILES string of the molecule is N#CCC([C@@H]1CCC(=O)C1)n1cc(-c2ncnc3[nH]ccc23)cn1.O=C(O)C(F)(F)F. The Morgan fingerprint density at radius 1 is 1.42 bits per heavy atom. The molecule has 0 bridgehead atoms. The molecule has 0 amide bonds. The molecule has 2 N–H and O–H groups in total. The number of halogens is 3. The van der Waals surface area contributed by atoms with Gasteiger partial charge in [0.05, 0.1) is 30.4 Å². The van der Waals surface area contributed by atoms with Gasteiger partial charge >= 0.3 is 12.1 Å². The number of carboxylic acids is 1. The highest BCUT2D eigenvalue weighted by molar-refractivity contribution is 5.90. The van der Waals surface area contributed by atoms with E-state index in [1.807, 2.05) is 23.1 Å². The molecular formula is C19H17F3N6O3. The predicted molar refractivity (Wildman–Crippen MR) is 100 cm³/mol. The van der Waals surface area contributed by atoms with E-state index < -0.39 is 12.1 Å². The largest absolute Gasteiger partial charge is 0.490 e. The van der Waals surface area contributed by atoms with Crippen LogP contribution < -0.4 is 0 Å². The number of rotatable bonds is 4. The quantitative estimate of drug-likeness (QED) is 0.643. The Bertz CT molecular complexity index is 1130. The van der Waals surface area contributed by atoms with Crippen LogP contribution in [0.1, 0.15) is 31.7 Å². The van der Waals surface area contributed by atoms with Crippen molar-refractivity contribution in [3.05, 3.63) is 31.0 Å². The van der Waals surface area contributed by atoms with Crippen molar-refractivity contribution in [3.8, 4) is 17.3 Å². The van der Waals surface area contributed by atoms with Crippen LogP contribution in [0.15, 0.2) is 31.0 Å². The maximum atomic E-state index is 11.6. The summed E-state index contributed by atoms with van der Waals surface area (Å²) in [6, 6.07) is 4.09. The summed E-state index contributed by atoms with van der Waals surface area (Å²) in [6.45, 7) is 0. The van der Waals surface area contributed by atoms with Crippen LogP contribution in [0.2, 0.25) is 0 Å². The summed E-state index contributed by atoms with van der Waals surface area (Å²) in [4.78, 5) is 32.1. The number of aliphatic carboxylic acids is 1. The fraction of sp³-hybridized carbons (Fsp3) is 0.368. The number of aromatic nitrogens is 5. The van der Waals surface area contributed by atoms with Gasteiger partial charge in [-0.2, -0.15) is 23.5 Å². The summed E-state index contributed by atoms with van der Waals surface area (Å²) in [7, 11) is 0. The molecule has 3 aromatic heterocycles. The Balaban J connectivity index is 0.000000339. The fourth-order valence-corrected chi connectivity index (χ4v) is 3.49. The first-order chi connectivity index (χ1) is 14.7. The molecule has 162 valence electrons. The Morgan fingerprint density at radius 2 is 2.16 bits per heavy atom. The Labute approximate surface area is 173 Å². The predicted octanol–water partition coefficient (Wildman–Crippen LogP) is 3.28. The molecule has 1 unspecified atom stereocenters. The summed E-state index contributed by atoms with van der Waals surface area (Å²) in [5.74, 6) is -2.30. The van der Waals surface area contributed by atoms with Crippen molar-refractivity contribution in [2.45, 2.75) is 37.9 Å². The molecule has 1 aliphatic carbocycles. The fourth-order valence-electron chi connectivity index (χ4n) is 3.49. The van der Waals surface area contributed by atoms with E-state index in [4.69, 9.17) is 15.2 Å².